The van der Waals surface area contributed by atoms with Gasteiger partial charge in [-0.25, -0.2) is 0 Å². The highest BCUT2D eigenvalue weighted by molar-refractivity contribution is 5.99. The molecule has 2 heterocycles. The number of carbonyl (C=O) groups excluding carboxylic acids is 2. The Kier molecular flexibility index (Phi) is 5.22. The first-order valence-corrected chi connectivity index (χ1v) is 8.38. The normalized spacial score (nSPS) is 19.7. The van der Waals surface area contributed by atoms with Gasteiger partial charge in [0, 0.05) is 30.6 Å². The van der Waals surface area contributed by atoms with Gasteiger partial charge >= 0.3 is 5.97 Å². The van der Waals surface area contributed by atoms with Gasteiger partial charge in [-0.05, 0) is 18.6 Å². The number of carboxylic acids is 1. The Bertz CT molecular complexity index is 798. The third-order valence-corrected chi connectivity index (χ3v) is 4.61. The van der Waals surface area contributed by atoms with Gasteiger partial charge in [-0.15, -0.1) is 0 Å². The number of likely N-dealkylation sites (tertiary alicyclic amines) is 1. The maximum Gasteiger partial charge on any atom is 0.305 e. The topological polar surface area (TPSA) is 112 Å². The monoisotopic (exact) mass is 359 g/mol. The first-order chi connectivity index (χ1) is 12.5. The van der Waals surface area contributed by atoms with Gasteiger partial charge < -0.3 is 25.0 Å². The van der Waals surface area contributed by atoms with E-state index in [0.717, 1.165) is 10.9 Å². The molecule has 2 aromatic rings. The summed E-state index contributed by atoms with van der Waals surface area (Å²) in [6.45, 7) is 0.135. The van der Waals surface area contributed by atoms with Crippen molar-refractivity contribution in [2.24, 2.45) is 0 Å². The van der Waals surface area contributed by atoms with E-state index < -0.39 is 12.0 Å². The molecule has 1 saturated heterocycles. The molecule has 2 amide bonds. The van der Waals surface area contributed by atoms with E-state index in [1.807, 2.05) is 24.3 Å². The fourth-order valence-electron chi connectivity index (χ4n) is 3.29. The highest BCUT2D eigenvalue weighted by Gasteiger charge is 2.36. The first-order valence-electron chi connectivity index (χ1n) is 8.38. The third kappa shape index (κ3) is 3.85. The van der Waals surface area contributed by atoms with E-state index in [-0.39, 0.29) is 30.9 Å². The summed E-state index contributed by atoms with van der Waals surface area (Å²) in [5, 5.41) is 12.5. The molecule has 1 aliphatic rings. The SMILES string of the molecule is COC1CC(CC(=O)O)N(C(=O)CNC(=O)c2cc3ccccc3[nH]2)C1. The molecule has 0 spiro atoms. The van der Waals surface area contributed by atoms with Crippen LogP contribution in [0.1, 0.15) is 23.3 Å². The highest BCUT2D eigenvalue weighted by atomic mass is 16.5. The number of hydrogen-bond acceptors (Lipinski definition) is 4. The minimum atomic E-state index is -0.966. The number of aromatic nitrogens is 1. The lowest BCUT2D eigenvalue weighted by Crippen LogP contribution is -2.43. The molecule has 3 N–H and O–H groups in total. The molecule has 0 radical (unpaired) electrons. The summed E-state index contributed by atoms with van der Waals surface area (Å²) in [7, 11) is 1.54. The lowest BCUT2D eigenvalue weighted by atomic mass is 10.1. The number of hydrogen-bond donors (Lipinski definition) is 3. The zero-order valence-electron chi connectivity index (χ0n) is 14.4. The van der Waals surface area contributed by atoms with Crippen molar-refractivity contribution in [3.63, 3.8) is 0 Å². The molecule has 0 saturated carbocycles. The van der Waals surface area contributed by atoms with E-state index in [9.17, 15) is 14.4 Å². The molecule has 3 rings (SSSR count). The first kappa shape index (κ1) is 17.9. The lowest BCUT2D eigenvalue weighted by Gasteiger charge is -2.23. The van der Waals surface area contributed by atoms with Gasteiger partial charge in [-0.2, -0.15) is 0 Å². The van der Waals surface area contributed by atoms with Crippen LogP contribution < -0.4 is 5.32 Å². The number of fused-ring (bicyclic) bond motifs is 1. The Labute approximate surface area is 150 Å². The Morgan fingerprint density at radius 1 is 1.35 bits per heavy atom. The van der Waals surface area contributed by atoms with Gasteiger partial charge in [0.1, 0.15) is 5.69 Å². The number of rotatable bonds is 6. The molecule has 26 heavy (non-hydrogen) atoms. The largest absolute Gasteiger partial charge is 0.481 e. The molecule has 1 aromatic heterocycles. The van der Waals surface area contributed by atoms with E-state index in [2.05, 4.69) is 10.3 Å². The van der Waals surface area contributed by atoms with E-state index in [0.29, 0.717) is 18.7 Å². The number of carboxylic acid groups (broad SMARTS) is 1. The number of methoxy groups -OCH3 is 1. The molecule has 0 aliphatic carbocycles. The molecule has 1 aliphatic heterocycles. The van der Waals surface area contributed by atoms with Crippen molar-refractivity contribution in [2.45, 2.75) is 25.0 Å². The Morgan fingerprint density at radius 2 is 2.12 bits per heavy atom. The molecular weight excluding hydrogens is 338 g/mol. The van der Waals surface area contributed by atoms with Gasteiger partial charge in [-0.1, -0.05) is 18.2 Å². The number of aromatic amines is 1. The van der Waals surface area contributed by atoms with Crippen molar-refractivity contribution in [3.05, 3.63) is 36.0 Å². The number of aliphatic carboxylic acids is 1. The molecule has 1 fully saturated rings. The van der Waals surface area contributed by atoms with E-state index >= 15 is 0 Å². The molecule has 8 nitrogen and oxygen atoms in total. The Morgan fingerprint density at radius 3 is 2.81 bits per heavy atom. The maximum absolute atomic E-state index is 12.5. The molecule has 1 aromatic carbocycles. The Hall–Kier alpha value is -2.87. The quantitative estimate of drug-likeness (QED) is 0.712. The number of carbonyl (C=O) groups is 3. The van der Waals surface area contributed by atoms with Crippen LogP contribution >= 0.6 is 0 Å². The standard InChI is InChI=1S/C18H21N3O5/c1-26-13-7-12(8-17(23)24)21(10-13)16(22)9-19-18(25)15-6-11-4-2-3-5-14(11)20-15/h2-6,12-13,20H,7-10H2,1H3,(H,19,25)(H,23,24). The molecule has 2 atom stereocenters. The molecular formula is C18H21N3O5. The number of para-hydroxylation sites is 1. The van der Waals surface area contributed by atoms with Gasteiger partial charge in [0.2, 0.25) is 5.91 Å². The van der Waals surface area contributed by atoms with Crippen LogP contribution in [-0.4, -0.2) is 65.1 Å². The van der Waals surface area contributed by atoms with Crippen LogP contribution in [0.2, 0.25) is 0 Å². The van der Waals surface area contributed by atoms with Crippen molar-refractivity contribution >= 4 is 28.7 Å². The summed E-state index contributed by atoms with van der Waals surface area (Å²) in [4.78, 5) is 40.2. The fourth-order valence-corrected chi connectivity index (χ4v) is 3.29. The van der Waals surface area contributed by atoms with Gasteiger partial charge in [-0.3, -0.25) is 14.4 Å². The predicted octanol–water partition coefficient (Wildman–Crippen LogP) is 0.988. The second kappa shape index (κ2) is 7.57. The van der Waals surface area contributed by atoms with E-state index in [1.165, 1.54) is 12.0 Å². The Balaban J connectivity index is 1.61. The predicted molar refractivity (Wildman–Crippen MR) is 93.8 cm³/mol. The van der Waals surface area contributed by atoms with Crippen LogP contribution in [0.15, 0.2) is 30.3 Å². The number of nitrogens with zero attached hydrogens (tertiary/aromatic N) is 1. The second-order valence-corrected chi connectivity index (χ2v) is 6.34. The minimum absolute atomic E-state index is 0.137. The van der Waals surface area contributed by atoms with Gasteiger partial charge in [0.25, 0.3) is 5.91 Å². The van der Waals surface area contributed by atoms with Crippen LogP contribution in [0, 0.1) is 0 Å². The van der Waals surface area contributed by atoms with Crippen LogP contribution in [0.4, 0.5) is 0 Å². The van der Waals surface area contributed by atoms with Gasteiger partial charge in [0.15, 0.2) is 0 Å². The summed E-state index contributed by atoms with van der Waals surface area (Å²) in [6.07, 6.45) is 0.152. The number of ether oxygens (including phenoxy) is 1. The lowest BCUT2D eigenvalue weighted by molar-refractivity contribution is -0.139. The van der Waals surface area contributed by atoms with Crippen molar-refractivity contribution in [2.75, 3.05) is 20.2 Å². The van der Waals surface area contributed by atoms with Crippen LogP contribution in [0.5, 0.6) is 0 Å². The van der Waals surface area contributed by atoms with Gasteiger partial charge in [0.05, 0.1) is 19.1 Å². The van der Waals surface area contributed by atoms with Crippen LogP contribution in [-0.2, 0) is 14.3 Å². The van der Waals surface area contributed by atoms with Crippen molar-refractivity contribution in [1.29, 1.82) is 0 Å². The summed E-state index contributed by atoms with van der Waals surface area (Å²) >= 11 is 0. The van der Waals surface area contributed by atoms with Crippen LogP contribution in [0.3, 0.4) is 0 Å². The zero-order chi connectivity index (χ0) is 18.7. The highest BCUT2D eigenvalue weighted by Crippen LogP contribution is 2.22. The third-order valence-electron chi connectivity index (χ3n) is 4.61. The van der Waals surface area contributed by atoms with E-state index in [1.54, 1.807) is 6.07 Å². The summed E-state index contributed by atoms with van der Waals surface area (Å²) in [5.74, 6) is -1.67. The molecule has 0 bridgehead atoms. The number of nitrogens with one attached hydrogen (secondary N) is 2. The maximum atomic E-state index is 12.5. The second-order valence-electron chi connectivity index (χ2n) is 6.34. The average Bonchev–Trinajstić information content (AvgIpc) is 3.22. The number of amides is 2. The number of H-pyrrole nitrogens is 1. The number of benzene rings is 1. The van der Waals surface area contributed by atoms with Crippen molar-refractivity contribution in [3.8, 4) is 0 Å². The minimum Gasteiger partial charge on any atom is -0.481 e. The van der Waals surface area contributed by atoms with E-state index in [4.69, 9.17) is 9.84 Å². The molecule has 138 valence electrons. The summed E-state index contributed by atoms with van der Waals surface area (Å²) < 4.78 is 5.25. The van der Waals surface area contributed by atoms with Crippen molar-refractivity contribution in [1.82, 2.24) is 15.2 Å². The summed E-state index contributed by atoms with van der Waals surface area (Å²) in [5.41, 5.74) is 1.21. The summed E-state index contributed by atoms with van der Waals surface area (Å²) in [6, 6.07) is 8.80. The fraction of sp³-hybridized carbons (Fsp3) is 0.389. The zero-order valence-corrected chi connectivity index (χ0v) is 14.4. The van der Waals surface area contributed by atoms with Crippen LogP contribution in [0.25, 0.3) is 10.9 Å². The molecule has 8 heteroatoms. The average molecular weight is 359 g/mol. The van der Waals surface area contributed by atoms with Crippen molar-refractivity contribution < 1.29 is 24.2 Å². The smallest absolute Gasteiger partial charge is 0.305 e. The molecule has 2 unspecified atom stereocenters.